The zero-order valence-corrected chi connectivity index (χ0v) is 11.1. The Morgan fingerprint density at radius 2 is 2.32 bits per heavy atom. The Morgan fingerprint density at radius 3 is 3.11 bits per heavy atom. The molecule has 1 aliphatic heterocycles. The quantitative estimate of drug-likeness (QED) is 0.914. The number of aromatic nitrogens is 2. The number of rotatable bonds is 4. The Kier molecular flexibility index (Phi) is 3.25. The van der Waals surface area contributed by atoms with Crippen LogP contribution in [0.2, 0.25) is 0 Å². The van der Waals surface area contributed by atoms with Gasteiger partial charge in [-0.1, -0.05) is 25.1 Å². The lowest BCUT2D eigenvalue weighted by Crippen LogP contribution is -2.23. The predicted molar refractivity (Wildman–Crippen MR) is 74.0 cm³/mol. The van der Waals surface area contributed by atoms with Gasteiger partial charge in [0.1, 0.15) is 11.9 Å². The van der Waals surface area contributed by atoms with Crippen LogP contribution in [0.1, 0.15) is 30.6 Å². The number of para-hydroxylation sites is 1. The Hall–Kier alpha value is -1.81. The highest BCUT2D eigenvalue weighted by molar-refractivity contribution is 5.37. The number of ether oxygens (including phenoxy) is 1. The SMILES string of the molecule is CC[C@@H](N)c1cncn1CC1Cc2ccccc2O1. The van der Waals surface area contributed by atoms with Crippen molar-refractivity contribution in [2.75, 3.05) is 0 Å². The number of benzene rings is 1. The van der Waals surface area contributed by atoms with Gasteiger partial charge in [-0.3, -0.25) is 0 Å². The number of hydrogen-bond donors (Lipinski definition) is 1. The molecule has 4 heteroatoms. The summed E-state index contributed by atoms with van der Waals surface area (Å²) in [5.74, 6) is 1.01. The van der Waals surface area contributed by atoms with Gasteiger partial charge in [0.15, 0.2) is 0 Å². The van der Waals surface area contributed by atoms with E-state index in [-0.39, 0.29) is 12.1 Å². The molecule has 1 unspecified atom stereocenters. The fourth-order valence-electron chi connectivity index (χ4n) is 2.58. The standard InChI is InChI=1S/C15H19N3O/c1-2-13(16)14-8-17-10-18(14)9-12-7-11-5-3-4-6-15(11)19-12/h3-6,8,10,12-13H,2,7,9,16H2,1H3/t12?,13-/m1/s1. The third kappa shape index (κ3) is 2.36. The molecule has 3 rings (SSSR count). The first-order valence-corrected chi connectivity index (χ1v) is 6.78. The third-order valence-corrected chi connectivity index (χ3v) is 3.68. The molecule has 2 heterocycles. The topological polar surface area (TPSA) is 53.1 Å². The van der Waals surface area contributed by atoms with Crippen LogP contribution in [0.3, 0.4) is 0 Å². The second-order valence-corrected chi connectivity index (χ2v) is 5.04. The molecular formula is C15H19N3O. The van der Waals surface area contributed by atoms with Gasteiger partial charge in [0.05, 0.1) is 18.6 Å². The van der Waals surface area contributed by atoms with Crippen molar-refractivity contribution in [3.63, 3.8) is 0 Å². The summed E-state index contributed by atoms with van der Waals surface area (Å²) < 4.78 is 8.07. The monoisotopic (exact) mass is 257 g/mol. The van der Waals surface area contributed by atoms with Gasteiger partial charge in [0, 0.05) is 18.7 Å². The van der Waals surface area contributed by atoms with E-state index in [4.69, 9.17) is 10.5 Å². The van der Waals surface area contributed by atoms with E-state index in [0.717, 1.165) is 30.8 Å². The zero-order valence-electron chi connectivity index (χ0n) is 11.1. The minimum Gasteiger partial charge on any atom is -0.488 e. The average Bonchev–Trinajstić information content (AvgIpc) is 3.04. The molecule has 0 fully saturated rings. The second kappa shape index (κ2) is 5.05. The second-order valence-electron chi connectivity index (χ2n) is 5.04. The summed E-state index contributed by atoms with van der Waals surface area (Å²) in [7, 11) is 0. The lowest BCUT2D eigenvalue weighted by atomic mass is 10.1. The minimum absolute atomic E-state index is 0.0475. The van der Waals surface area contributed by atoms with Gasteiger partial charge in [0.25, 0.3) is 0 Å². The number of nitrogens with two attached hydrogens (primary N) is 1. The van der Waals surface area contributed by atoms with Gasteiger partial charge in [-0.05, 0) is 18.1 Å². The van der Waals surface area contributed by atoms with Crippen LogP contribution in [0.15, 0.2) is 36.8 Å². The van der Waals surface area contributed by atoms with Crippen molar-refractivity contribution < 1.29 is 4.74 Å². The summed E-state index contributed by atoms with van der Waals surface area (Å²) >= 11 is 0. The lowest BCUT2D eigenvalue weighted by Gasteiger charge is -2.16. The van der Waals surface area contributed by atoms with Gasteiger partial charge >= 0.3 is 0 Å². The van der Waals surface area contributed by atoms with Crippen molar-refractivity contribution in [1.29, 1.82) is 0 Å². The van der Waals surface area contributed by atoms with Crippen LogP contribution in [0.5, 0.6) is 5.75 Å². The molecule has 0 saturated heterocycles. The fraction of sp³-hybridized carbons (Fsp3) is 0.400. The predicted octanol–water partition coefficient (Wildman–Crippen LogP) is 2.30. The molecule has 2 aromatic rings. The maximum absolute atomic E-state index is 6.10. The summed E-state index contributed by atoms with van der Waals surface area (Å²) in [6.07, 6.45) is 5.74. The van der Waals surface area contributed by atoms with Crippen molar-refractivity contribution in [2.45, 2.75) is 38.5 Å². The zero-order chi connectivity index (χ0) is 13.2. The van der Waals surface area contributed by atoms with E-state index in [2.05, 4.69) is 28.6 Å². The van der Waals surface area contributed by atoms with Crippen LogP contribution in [0.25, 0.3) is 0 Å². The first-order chi connectivity index (χ1) is 9.28. The number of hydrogen-bond acceptors (Lipinski definition) is 3. The molecule has 0 amide bonds. The van der Waals surface area contributed by atoms with Crippen LogP contribution in [0, 0.1) is 0 Å². The first kappa shape index (κ1) is 12.2. The maximum atomic E-state index is 6.10. The van der Waals surface area contributed by atoms with E-state index in [1.54, 1.807) is 0 Å². The van der Waals surface area contributed by atoms with Crippen LogP contribution in [0.4, 0.5) is 0 Å². The smallest absolute Gasteiger partial charge is 0.123 e. The van der Waals surface area contributed by atoms with E-state index in [1.165, 1.54) is 5.56 Å². The van der Waals surface area contributed by atoms with Crippen LogP contribution < -0.4 is 10.5 Å². The van der Waals surface area contributed by atoms with E-state index in [0.29, 0.717) is 0 Å². The van der Waals surface area contributed by atoms with Gasteiger partial charge in [-0.2, -0.15) is 0 Å². The van der Waals surface area contributed by atoms with Crippen molar-refractivity contribution in [2.24, 2.45) is 5.73 Å². The first-order valence-electron chi connectivity index (χ1n) is 6.78. The summed E-state index contributed by atoms with van der Waals surface area (Å²) in [6, 6.07) is 8.27. The van der Waals surface area contributed by atoms with E-state index in [9.17, 15) is 0 Å². The normalized spacial score (nSPS) is 18.9. The molecule has 0 saturated carbocycles. The maximum Gasteiger partial charge on any atom is 0.123 e. The molecule has 1 aromatic heterocycles. The van der Waals surface area contributed by atoms with Gasteiger partial charge in [0.2, 0.25) is 0 Å². The highest BCUT2D eigenvalue weighted by Crippen LogP contribution is 2.29. The van der Waals surface area contributed by atoms with E-state index in [1.807, 2.05) is 24.7 Å². The molecule has 2 atom stereocenters. The van der Waals surface area contributed by atoms with E-state index < -0.39 is 0 Å². The summed E-state index contributed by atoms with van der Waals surface area (Å²) in [5, 5.41) is 0. The van der Waals surface area contributed by atoms with E-state index >= 15 is 0 Å². The van der Waals surface area contributed by atoms with Crippen molar-refractivity contribution >= 4 is 0 Å². The van der Waals surface area contributed by atoms with Crippen LogP contribution in [-0.2, 0) is 13.0 Å². The molecule has 1 aromatic carbocycles. The molecule has 0 spiro atoms. The lowest BCUT2D eigenvalue weighted by molar-refractivity contribution is 0.207. The molecule has 19 heavy (non-hydrogen) atoms. The summed E-state index contributed by atoms with van der Waals surface area (Å²) in [6.45, 7) is 2.89. The largest absolute Gasteiger partial charge is 0.488 e. The number of nitrogens with zero attached hydrogens (tertiary/aromatic N) is 2. The minimum atomic E-state index is 0.0475. The molecular weight excluding hydrogens is 238 g/mol. The Balaban J connectivity index is 1.73. The van der Waals surface area contributed by atoms with Gasteiger partial charge in [-0.25, -0.2) is 4.98 Å². The molecule has 2 N–H and O–H groups in total. The fourth-order valence-corrected chi connectivity index (χ4v) is 2.58. The number of fused-ring (bicyclic) bond motifs is 1. The molecule has 100 valence electrons. The summed E-state index contributed by atoms with van der Waals surface area (Å²) in [5.41, 5.74) is 8.47. The molecule has 4 nitrogen and oxygen atoms in total. The third-order valence-electron chi connectivity index (χ3n) is 3.68. The van der Waals surface area contributed by atoms with Crippen LogP contribution in [-0.4, -0.2) is 15.7 Å². The van der Waals surface area contributed by atoms with Gasteiger partial charge in [-0.15, -0.1) is 0 Å². The van der Waals surface area contributed by atoms with Crippen molar-refractivity contribution in [3.8, 4) is 5.75 Å². The van der Waals surface area contributed by atoms with Crippen molar-refractivity contribution in [3.05, 3.63) is 48.0 Å². The van der Waals surface area contributed by atoms with Crippen LogP contribution >= 0.6 is 0 Å². The average molecular weight is 257 g/mol. The molecule has 0 bridgehead atoms. The molecule has 0 radical (unpaired) electrons. The Morgan fingerprint density at radius 1 is 1.47 bits per heavy atom. The molecule has 0 aliphatic carbocycles. The highest BCUT2D eigenvalue weighted by Gasteiger charge is 2.23. The highest BCUT2D eigenvalue weighted by atomic mass is 16.5. The molecule has 1 aliphatic rings. The van der Waals surface area contributed by atoms with Gasteiger partial charge < -0.3 is 15.0 Å². The number of imidazole rings is 1. The Labute approximate surface area is 113 Å². The van der Waals surface area contributed by atoms with Crippen molar-refractivity contribution in [1.82, 2.24) is 9.55 Å². The Bertz CT molecular complexity index is 539. The summed E-state index contributed by atoms with van der Waals surface area (Å²) in [4.78, 5) is 4.21.